The SMILES string of the molecule is CCC1CN(C)CCCN1CC(=O)c1cccc(Cl)c1. The Labute approximate surface area is 126 Å². The highest BCUT2D eigenvalue weighted by atomic mass is 35.5. The molecule has 0 N–H and O–H groups in total. The molecular formula is C16H23ClN2O. The molecule has 2 rings (SSSR count). The van der Waals surface area contributed by atoms with Crippen molar-refractivity contribution < 1.29 is 4.79 Å². The van der Waals surface area contributed by atoms with E-state index in [1.165, 1.54) is 0 Å². The second-order valence-corrected chi connectivity index (χ2v) is 6.02. The summed E-state index contributed by atoms with van der Waals surface area (Å²) in [6.45, 7) is 5.83. The fourth-order valence-corrected chi connectivity index (χ4v) is 3.02. The summed E-state index contributed by atoms with van der Waals surface area (Å²) in [6, 6.07) is 7.70. The summed E-state index contributed by atoms with van der Waals surface area (Å²) in [5.74, 6) is 0.163. The van der Waals surface area contributed by atoms with E-state index in [0.717, 1.165) is 32.5 Å². The first-order valence-electron chi connectivity index (χ1n) is 7.31. The van der Waals surface area contributed by atoms with Crippen LogP contribution in [0.1, 0.15) is 30.1 Å². The molecule has 0 bridgehead atoms. The monoisotopic (exact) mass is 294 g/mol. The van der Waals surface area contributed by atoms with Gasteiger partial charge in [0, 0.05) is 29.7 Å². The van der Waals surface area contributed by atoms with Gasteiger partial charge in [-0.05, 0) is 38.6 Å². The van der Waals surface area contributed by atoms with Crippen molar-refractivity contribution in [2.75, 3.05) is 33.2 Å². The van der Waals surface area contributed by atoms with Gasteiger partial charge in [-0.25, -0.2) is 0 Å². The normalized spacial score (nSPS) is 21.6. The minimum atomic E-state index is 0.163. The third-order valence-corrected chi connectivity index (χ3v) is 4.22. The van der Waals surface area contributed by atoms with Crippen LogP contribution in [0.4, 0.5) is 0 Å². The third-order valence-electron chi connectivity index (χ3n) is 3.99. The van der Waals surface area contributed by atoms with Crippen LogP contribution in [0.2, 0.25) is 5.02 Å². The molecule has 0 aliphatic carbocycles. The van der Waals surface area contributed by atoms with Crippen LogP contribution in [0.15, 0.2) is 24.3 Å². The van der Waals surface area contributed by atoms with Gasteiger partial charge in [0.1, 0.15) is 0 Å². The Morgan fingerprint density at radius 1 is 1.40 bits per heavy atom. The molecule has 0 radical (unpaired) electrons. The maximum Gasteiger partial charge on any atom is 0.176 e. The molecule has 4 heteroatoms. The number of halogens is 1. The molecule has 0 saturated carbocycles. The molecule has 3 nitrogen and oxygen atoms in total. The number of hydrogen-bond donors (Lipinski definition) is 0. The van der Waals surface area contributed by atoms with Crippen molar-refractivity contribution in [2.45, 2.75) is 25.8 Å². The number of hydrogen-bond acceptors (Lipinski definition) is 3. The molecule has 20 heavy (non-hydrogen) atoms. The smallest absolute Gasteiger partial charge is 0.176 e. The zero-order chi connectivity index (χ0) is 14.5. The molecule has 1 saturated heterocycles. The van der Waals surface area contributed by atoms with E-state index in [-0.39, 0.29) is 5.78 Å². The number of benzene rings is 1. The number of rotatable bonds is 4. The first kappa shape index (κ1) is 15.5. The van der Waals surface area contributed by atoms with Gasteiger partial charge in [-0.2, -0.15) is 0 Å². The predicted molar refractivity (Wildman–Crippen MR) is 83.5 cm³/mol. The third kappa shape index (κ3) is 4.05. The molecule has 1 unspecified atom stereocenters. The van der Waals surface area contributed by atoms with Crippen LogP contribution < -0.4 is 0 Å². The molecule has 0 aromatic heterocycles. The summed E-state index contributed by atoms with van der Waals surface area (Å²) >= 11 is 5.96. The van der Waals surface area contributed by atoms with E-state index in [1.54, 1.807) is 12.1 Å². The van der Waals surface area contributed by atoms with Gasteiger partial charge >= 0.3 is 0 Å². The van der Waals surface area contributed by atoms with Gasteiger partial charge in [0.05, 0.1) is 6.54 Å². The first-order valence-corrected chi connectivity index (χ1v) is 7.69. The van der Waals surface area contributed by atoms with Crippen molar-refractivity contribution in [3.8, 4) is 0 Å². The van der Waals surface area contributed by atoms with E-state index >= 15 is 0 Å². The zero-order valence-electron chi connectivity index (χ0n) is 12.3. The number of nitrogens with zero attached hydrogens (tertiary/aromatic N) is 2. The Bertz CT molecular complexity index is 464. The average molecular weight is 295 g/mol. The molecule has 1 aromatic rings. The Kier molecular flexibility index (Phi) is 5.58. The van der Waals surface area contributed by atoms with Crippen LogP contribution in [-0.4, -0.2) is 54.9 Å². The Morgan fingerprint density at radius 2 is 2.20 bits per heavy atom. The van der Waals surface area contributed by atoms with Gasteiger partial charge in [0.25, 0.3) is 0 Å². The highest BCUT2D eigenvalue weighted by Crippen LogP contribution is 2.15. The predicted octanol–water partition coefficient (Wildman–Crippen LogP) is 2.94. The van der Waals surface area contributed by atoms with Gasteiger partial charge in [-0.1, -0.05) is 30.7 Å². The lowest BCUT2D eigenvalue weighted by molar-refractivity contribution is 0.0888. The molecule has 1 atom stereocenters. The summed E-state index contributed by atoms with van der Waals surface area (Å²) in [4.78, 5) is 17.1. The average Bonchev–Trinajstić information content (AvgIpc) is 2.60. The fraction of sp³-hybridized carbons (Fsp3) is 0.562. The standard InChI is InChI=1S/C16H23ClN2O/c1-3-15-11-18(2)8-5-9-19(15)12-16(20)13-6-4-7-14(17)10-13/h4,6-7,10,15H,3,5,8-9,11-12H2,1-2H3. The van der Waals surface area contributed by atoms with Gasteiger partial charge in [-0.3, -0.25) is 9.69 Å². The fourth-order valence-electron chi connectivity index (χ4n) is 2.83. The van der Waals surface area contributed by atoms with Gasteiger partial charge < -0.3 is 4.90 Å². The highest BCUT2D eigenvalue weighted by molar-refractivity contribution is 6.31. The van der Waals surface area contributed by atoms with Crippen LogP contribution in [0.3, 0.4) is 0 Å². The van der Waals surface area contributed by atoms with Gasteiger partial charge in [0.15, 0.2) is 5.78 Å². The Hall–Kier alpha value is -0.900. The molecule has 110 valence electrons. The summed E-state index contributed by atoms with van der Waals surface area (Å²) in [5, 5.41) is 0.624. The van der Waals surface area contributed by atoms with Crippen LogP contribution >= 0.6 is 11.6 Å². The largest absolute Gasteiger partial charge is 0.305 e. The molecule has 0 amide bonds. The van der Waals surface area contributed by atoms with Crippen LogP contribution in [0, 0.1) is 0 Å². The zero-order valence-corrected chi connectivity index (χ0v) is 13.1. The van der Waals surface area contributed by atoms with Crippen LogP contribution in [0.5, 0.6) is 0 Å². The van der Waals surface area contributed by atoms with E-state index in [2.05, 4.69) is 23.8 Å². The molecule has 0 spiro atoms. The van der Waals surface area contributed by atoms with Gasteiger partial charge in [0.2, 0.25) is 0 Å². The minimum absolute atomic E-state index is 0.163. The van der Waals surface area contributed by atoms with E-state index in [9.17, 15) is 4.79 Å². The Morgan fingerprint density at radius 3 is 2.90 bits per heavy atom. The van der Waals surface area contributed by atoms with Crippen molar-refractivity contribution in [1.82, 2.24) is 9.80 Å². The Balaban J connectivity index is 2.05. The maximum absolute atomic E-state index is 12.4. The molecular weight excluding hydrogens is 272 g/mol. The molecule has 1 aliphatic rings. The van der Waals surface area contributed by atoms with Crippen molar-refractivity contribution in [2.24, 2.45) is 0 Å². The first-order chi connectivity index (χ1) is 9.60. The molecule has 1 aromatic carbocycles. The van der Waals surface area contributed by atoms with E-state index < -0.39 is 0 Å². The quantitative estimate of drug-likeness (QED) is 0.798. The van der Waals surface area contributed by atoms with Crippen molar-refractivity contribution in [3.05, 3.63) is 34.9 Å². The second-order valence-electron chi connectivity index (χ2n) is 5.58. The molecule has 1 fully saturated rings. The van der Waals surface area contributed by atoms with E-state index in [1.807, 2.05) is 12.1 Å². The lowest BCUT2D eigenvalue weighted by Gasteiger charge is -2.29. The summed E-state index contributed by atoms with van der Waals surface area (Å²) in [6.07, 6.45) is 2.20. The number of carbonyl (C=O) groups excluding carboxylic acids is 1. The number of likely N-dealkylation sites (N-methyl/N-ethyl adjacent to an activating group) is 1. The molecule has 1 heterocycles. The summed E-state index contributed by atoms with van der Waals surface area (Å²) in [5.41, 5.74) is 0.713. The molecule has 1 aliphatic heterocycles. The summed E-state index contributed by atoms with van der Waals surface area (Å²) < 4.78 is 0. The topological polar surface area (TPSA) is 23.6 Å². The van der Waals surface area contributed by atoms with E-state index in [4.69, 9.17) is 11.6 Å². The van der Waals surface area contributed by atoms with Crippen molar-refractivity contribution in [1.29, 1.82) is 0 Å². The highest BCUT2D eigenvalue weighted by Gasteiger charge is 2.24. The van der Waals surface area contributed by atoms with Crippen molar-refractivity contribution in [3.63, 3.8) is 0 Å². The number of Topliss-reactive ketones (excluding diaryl/α,β-unsaturated/α-hetero) is 1. The van der Waals surface area contributed by atoms with Crippen LogP contribution in [0.25, 0.3) is 0 Å². The number of ketones is 1. The van der Waals surface area contributed by atoms with Crippen molar-refractivity contribution >= 4 is 17.4 Å². The van der Waals surface area contributed by atoms with E-state index in [0.29, 0.717) is 23.2 Å². The lowest BCUT2D eigenvalue weighted by atomic mass is 10.1. The summed E-state index contributed by atoms with van der Waals surface area (Å²) in [7, 11) is 2.16. The van der Waals surface area contributed by atoms with Crippen LogP contribution in [-0.2, 0) is 0 Å². The minimum Gasteiger partial charge on any atom is -0.305 e. The number of carbonyl (C=O) groups is 1. The second kappa shape index (κ2) is 7.21. The maximum atomic E-state index is 12.4. The lowest BCUT2D eigenvalue weighted by Crippen LogP contribution is -2.42. The van der Waals surface area contributed by atoms with Gasteiger partial charge in [-0.15, -0.1) is 0 Å².